The van der Waals surface area contributed by atoms with E-state index in [9.17, 15) is 4.79 Å². The highest BCUT2D eigenvalue weighted by Crippen LogP contribution is 2.40. The van der Waals surface area contributed by atoms with Crippen molar-refractivity contribution >= 4 is 11.7 Å². The van der Waals surface area contributed by atoms with Crippen LogP contribution in [0.4, 0.5) is 10.5 Å². The molecule has 5 rings (SSSR count). The molecule has 0 spiro atoms. The van der Waals surface area contributed by atoms with Crippen molar-refractivity contribution in [2.75, 3.05) is 38.1 Å². The van der Waals surface area contributed by atoms with Gasteiger partial charge in [0, 0.05) is 58.0 Å². The number of likely N-dealkylation sites (N-methyl/N-ethyl adjacent to an activating group) is 1. The molecule has 0 atom stereocenters. The molecule has 0 N–H and O–H groups in total. The average molecular weight is 342 g/mol. The van der Waals surface area contributed by atoms with Crippen LogP contribution in [0.25, 0.3) is 0 Å². The third-order valence-electron chi connectivity index (χ3n) is 5.37. The molecule has 25 heavy (non-hydrogen) atoms. The molecule has 2 amide bonds. The van der Waals surface area contributed by atoms with Crippen LogP contribution >= 0.6 is 0 Å². The second-order valence-corrected chi connectivity index (χ2v) is 7.38. The van der Waals surface area contributed by atoms with Gasteiger partial charge in [-0.2, -0.15) is 5.10 Å². The van der Waals surface area contributed by atoms with Gasteiger partial charge in [0.2, 0.25) is 0 Å². The number of carbonyl (C=O) groups is 1. The van der Waals surface area contributed by atoms with Crippen LogP contribution in [0, 0.1) is 0 Å². The Balaban J connectivity index is 1.17. The van der Waals surface area contributed by atoms with Crippen molar-refractivity contribution in [3.05, 3.63) is 29.9 Å². The van der Waals surface area contributed by atoms with E-state index in [-0.39, 0.29) is 6.03 Å². The number of carbonyl (C=O) groups excluding carboxylic acids is 1. The van der Waals surface area contributed by atoms with Crippen molar-refractivity contribution in [1.82, 2.24) is 24.7 Å². The van der Waals surface area contributed by atoms with E-state index in [0.29, 0.717) is 12.0 Å². The number of urea groups is 1. The number of hydrogen-bond donors (Lipinski definition) is 0. The molecule has 2 saturated heterocycles. The molecule has 2 aliphatic heterocycles. The zero-order chi connectivity index (χ0) is 17.0. The molecule has 3 aliphatic rings. The van der Waals surface area contributed by atoms with Crippen molar-refractivity contribution < 1.29 is 9.32 Å². The smallest absolute Gasteiger partial charge is 0.324 e. The number of nitrogens with zero attached hydrogens (tertiary/aromatic N) is 6. The highest BCUT2D eigenvalue weighted by Gasteiger charge is 2.33. The molecule has 1 aliphatic carbocycles. The van der Waals surface area contributed by atoms with Crippen LogP contribution in [0.3, 0.4) is 0 Å². The molecule has 4 heterocycles. The summed E-state index contributed by atoms with van der Waals surface area (Å²) in [5.41, 5.74) is 1.91. The molecule has 2 aromatic rings. The molecule has 3 fully saturated rings. The quantitative estimate of drug-likeness (QED) is 0.827. The van der Waals surface area contributed by atoms with Crippen LogP contribution in [-0.4, -0.2) is 64.0 Å². The summed E-state index contributed by atoms with van der Waals surface area (Å²) < 4.78 is 7.39. The fourth-order valence-corrected chi connectivity index (χ4v) is 3.59. The van der Waals surface area contributed by atoms with Gasteiger partial charge < -0.3 is 9.42 Å². The molecule has 8 nitrogen and oxygen atoms in total. The molecule has 0 unspecified atom stereocenters. The Hall–Kier alpha value is -2.35. The van der Waals surface area contributed by atoms with Gasteiger partial charge in [0.05, 0.1) is 23.6 Å². The van der Waals surface area contributed by atoms with E-state index in [1.54, 1.807) is 16.0 Å². The van der Waals surface area contributed by atoms with Gasteiger partial charge in [0.25, 0.3) is 0 Å². The summed E-state index contributed by atoms with van der Waals surface area (Å²) in [6, 6.07) is 2.51. The second-order valence-electron chi connectivity index (χ2n) is 7.38. The van der Waals surface area contributed by atoms with E-state index >= 15 is 0 Å². The van der Waals surface area contributed by atoms with E-state index < -0.39 is 0 Å². The van der Waals surface area contributed by atoms with E-state index in [1.807, 2.05) is 17.9 Å². The van der Waals surface area contributed by atoms with Gasteiger partial charge in [-0.1, -0.05) is 5.16 Å². The maximum Gasteiger partial charge on any atom is 0.324 e. The van der Waals surface area contributed by atoms with Gasteiger partial charge in [-0.25, -0.2) is 4.79 Å². The first-order chi connectivity index (χ1) is 12.2. The van der Waals surface area contributed by atoms with Crippen LogP contribution in [0.2, 0.25) is 0 Å². The highest BCUT2D eigenvalue weighted by atomic mass is 16.5. The maximum absolute atomic E-state index is 12.1. The van der Waals surface area contributed by atoms with Crippen molar-refractivity contribution in [2.24, 2.45) is 0 Å². The lowest BCUT2D eigenvalue weighted by atomic mass is 10.1. The summed E-state index contributed by atoms with van der Waals surface area (Å²) >= 11 is 0. The number of likely N-dealkylation sites (tertiary alicyclic amines) is 1. The molecule has 2 aromatic heterocycles. The third-order valence-corrected chi connectivity index (χ3v) is 5.37. The Bertz CT molecular complexity index is 789. The standard InChI is InChI=1S/C17H22N6O2/c1-20-4-5-22(17(20)24)14-7-18-23(11-14)15-9-21(10-15)8-13-6-16(25-19-13)12-2-3-12/h6-7,11-12,15H,2-5,8-10H2,1H3. The van der Waals surface area contributed by atoms with Crippen molar-refractivity contribution in [3.63, 3.8) is 0 Å². The monoisotopic (exact) mass is 342 g/mol. The summed E-state index contributed by atoms with van der Waals surface area (Å²) in [5, 5.41) is 8.64. The van der Waals surface area contributed by atoms with Crippen LogP contribution < -0.4 is 4.90 Å². The fraction of sp³-hybridized carbons (Fsp3) is 0.588. The second kappa shape index (κ2) is 5.59. The summed E-state index contributed by atoms with van der Waals surface area (Å²) in [4.78, 5) is 17.9. The van der Waals surface area contributed by atoms with Gasteiger partial charge >= 0.3 is 6.03 Å². The normalized spacial score (nSPS) is 22.0. The molecule has 0 radical (unpaired) electrons. The van der Waals surface area contributed by atoms with Gasteiger partial charge in [-0.15, -0.1) is 0 Å². The fourth-order valence-electron chi connectivity index (χ4n) is 3.59. The highest BCUT2D eigenvalue weighted by molar-refractivity contribution is 5.93. The Morgan fingerprint density at radius 3 is 2.84 bits per heavy atom. The lowest BCUT2D eigenvalue weighted by molar-refractivity contribution is 0.0884. The summed E-state index contributed by atoms with van der Waals surface area (Å²) in [6.45, 7) is 4.21. The Kier molecular flexibility index (Phi) is 3.34. The first-order valence-corrected chi connectivity index (χ1v) is 8.92. The minimum absolute atomic E-state index is 0.0484. The average Bonchev–Trinajstić information content (AvgIpc) is 2.98. The molecular formula is C17H22N6O2. The number of amides is 2. The van der Waals surface area contributed by atoms with Crippen LogP contribution in [-0.2, 0) is 6.54 Å². The van der Waals surface area contributed by atoms with E-state index in [0.717, 1.165) is 49.9 Å². The first-order valence-electron chi connectivity index (χ1n) is 8.92. The first kappa shape index (κ1) is 14.9. The predicted molar refractivity (Wildman–Crippen MR) is 90.4 cm³/mol. The lowest BCUT2D eigenvalue weighted by Gasteiger charge is -2.38. The van der Waals surface area contributed by atoms with E-state index in [2.05, 4.69) is 21.2 Å². The third kappa shape index (κ3) is 2.70. The summed E-state index contributed by atoms with van der Waals surface area (Å²) in [5.74, 6) is 1.66. The molecule has 0 bridgehead atoms. The molecule has 8 heteroatoms. The number of anilines is 1. The minimum Gasteiger partial charge on any atom is -0.361 e. The van der Waals surface area contributed by atoms with Gasteiger partial charge in [0.1, 0.15) is 5.76 Å². The number of aromatic nitrogens is 3. The van der Waals surface area contributed by atoms with Crippen LogP contribution in [0.5, 0.6) is 0 Å². The largest absolute Gasteiger partial charge is 0.361 e. The predicted octanol–water partition coefficient (Wildman–Crippen LogP) is 1.68. The van der Waals surface area contributed by atoms with Gasteiger partial charge in [-0.05, 0) is 12.8 Å². The number of hydrogen-bond acceptors (Lipinski definition) is 5. The molecule has 0 aromatic carbocycles. The Morgan fingerprint density at radius 1 is 1.28 bits per heavy atom. The van der Waals surface area contributed by atoms with E-state index in [4.69, 9.17) is 4.52 Å². The molecule has 132 valence electrons. The zero-order valence-electron chi connectivity index (χ0n) is 14.3. The SMILES string of the molecule is CN1CCN(c2cnn(C3CN(Cc4cc(C5CC5)on4)C3)c2)C1=O. The Labute approximate surface area is 145 Å². The molecule has 1 saturated carbocycles. The van der Waals surface area contributed by atoms with Crippen molar-refractivity contribution in [3.8, 4) is 0 Å². The zero-order valence-corrected chi connectivity index (χ0v) is 14.3. The van der Waals surface area contributed by atoms with Crippen LogP contribution in [0.1, 0.15) is 36.3 Å². The van der Waals surface area contributed by atoms with Crippen LogP contribution in [0.15, 0.2) is 23.0 Å². The van der Waals surface area contributed by atoms with Crippen molar-refractivity contribution in [1.29, 1.82) is 0 Å². The van der Waals surface area contributed by atoms with E-state index in [1.165, 1.54) is 12.8 Å². The topological polar surface area (TPSA) is 70.6 Å². The van der Waals surface area contributed by atoms with Crippen molar-refractivity contribution in [2.45, 2.75) is 31.3 Å². The maximum atomic E-state index is 12.1. The minimum atomic E-state index is 0.0484. The summed E-state index contributed by atoms with van der Waals surface area (Å²) in [6.07, 6.45) is 6.24. The summed E-state index contributed by atoms with van der Waals surface area (Å²) in [7, 11) is 1.83. The molecular weight excluding hydrogens is 320 g/mol. The lowest BCUT2D eigenvalue weighted by Crippen LogP contribution is -2.47. The van der Waals surface area contributed by atoms with Gasteiger partial charge in [-0.3, -0.25) is 14.5 Å². The van der Waals surface area contributed by atoms with Gasteiger partial charge in [0.15, 0.2) is 0 Å². The number of rotatable bonds is 5. The Morgan fingerprint density at radius 2 is 2.12 bits per heavy atom.